The average molecular weight is 246 g/mol. The van der Waals surface area contributed by atoms with E-state index in [9.17, 15) is 9.59 Å². The predicted octanol–water partition coefficient (Wildman–Crippen LogP) is 0.790. The molecule has 1 unspecified atom stereocenters. The zero-order chi connectivity index (χ0) is 13.0. The molecule has 2 N–H and O–H groups in total. The second-order valence-electron chi connectivity index (χ2n) is 4.74. The van der Waals surface area contributed by atoms with E-state index in [1.165, 1.54) is 11.1 Å². The van der Waals surface area contributed by atoms with Crippen LogP contribution in [-0.2, 0) is 16.0 Å². The van der Waals surface area contributed by atoms with Crippen molar-refractivity contribution in [3.05, 3.63) is 35.4 Å². The Morgan fingerprint density at radius 3 is 3.00 bits per heavy atom. The number of carbonyl (C=O) groups is 2. The van der Waals surface area contributed by atoms with Crippen molar-refractivity contribution in [2.45, 2.75) is 19.8 Å². The first kappa shape index (κ1) is 12.6. The molecule has 0 aromatic heterocycles. The molecule has 0 radical (unpaired) electrons. The summed E-state index contributed by atoms with van der Waals surface area (Å²) in [5.41, 5.74) is 2.44. The number of hydrogen-bond acceptors (Lipinski definition) is 2. The number of carbonyl (C=O) groups excluding carboxylic acids is 2. The summed E-state index contributed by atoms with van der Waals surface area (Å²) in [5, 5.41) is 5.55. The van der Waals surface area contributed by atoms with Crippen LogP contribution in [-0.4, -0.2) is 24.9 Å². The summed E-state index contributed by atoms with van der Waals surface area (Å²) in [5.74, 6) is -0.259. The Morgan fingerprint density at radius 2 is 2.33 bits per heavy atom. The Hall–Kier alpha value is -1.84. The Bertz CT molecular complexity index is 457. The minimum absolute atomic E-state index is 0.0268. The first-order chi connectivity index (χ1) is 8.65. The van der Waals surface area contributed by atoms with Crippen LogP contribution in [0.4, 0.5) is 0 Å². The van der Waals surface area contributed by atoms with Gasteiger partial charge >= 0.3 is 0 Å². The summed E-state index contributed by atoms with van der Waals surface area (Å²) in [4.78, 5) is 22.7. The quantitative estimate of drug-likeness (QED) is 0.825. The highest BCUT2D eigenvalue weighted by Gasteiger charge is 2.27. The molecular weight excluding hydrogens is 228 g/mol. The third-order valence-electron chi connectivity index (χ3n) is 3.14. The maximum atomic E-state index is 11.7. The van der Waals surface area contributed by atoms with Gasteiger partial charge in [0.25, 0.3) is 0 Å². The highest BCUT2D eigenvalue weighted by molar-refractivity contribution is 5.89. The Balaban J connectivity index is 1.75. The van der Waals surface area contributed by atoms with Crippen LogP contribution in [0.15, 0.2) is 24.3 Å². The van der Waals surface area contributed by atoms with Crippen molar-refractivity contribution < 1.29 is 9.59 Å². The summed E-state index contributed by atoms with van der Waals surface area (Å²) in [6.07, 6.45) is 1.14. The monoisotopic (exact) mass is 246 g/mol. The molecule has 4 nitrogen and oxygen atoms in total. The van der Waals surface area contributed by atoms with E-state index >= 15 is 0 Å². The van der Waals surface area contributed by atoms with Crippen LogP contribution in [0.2, 0.25) is 0 Å². The number of aryl methyl sites for hydroxylation is 1. The van der Waals surface area contributed by atoms with E-state index < -0.39 is 0 Å². The van der Waals surface area contributed by atoms with Crippen LogP contribution in [0.5, 0.6) is 0 Å². The van der Waals surface area contributed by atoms with Crippen molar-refractivity contribution in [3.63, 3.8) is 0 Å². The third-order valence-corrected chi connectivity index (χ3v) is 3.14. The molecule has 1 heterocycles. The molecule has 1 aromatic carbocycles. The number of benzene rings is 1. The Kier molecular flexibility index (Phi) is 3.97. The summed E-state index contributed by atoms with van der Waals surface area (Å²) in [6, 6.07) is 8.25. The SMILES string of the molecule is Cc1cccc(CCNC(=O)C2CNC(=O)C2)c1. The van der Waals surface area contributed by atoms with Gasteiger partial charge in [0.1, 0.15) is 0 Å². The first-order valence-electron chi connectivity index (χ1n) is 6.25. The molecule has 1 aliphatic rings. The highest BCUT2D eigenvalue weighted by atomic mass is 16.2. The van der Waals surface area contributed by atoms with Crippen LogP contribution < -0.4 is 10.6 Å². The fourth-order valence-corrected chi connectivity index (χ4v) is 2.13. The van der Waals surface area contributed by atoms with E-state index in [0.29, 0.717) is 19.5 Å². The molecule has 96 valence electrons. The maximum Gasteiger partial charge on any atom is 0.225 e. The minimum atomic E-state index is -0.199. The molecule has 0 bridgehead atoms. The largest absolute Gasteiger partial charge is 0.355 e. The van der Waals surface area contributed by atoms with Gasteiger partial charge < -0.3 is 10.6 Å². The molecule has 1 fully saturated rings. The summed E-state index contributed by atoms with van der Waals surface area (Å²) >= 11 is 0. The normalized spacial score (nSPS) is 18.5. The van der Waals surface area contributed by atoms with Gasteiger partial charge in [-0.2, -0.15) is 0 Å². The molecule has 0 spiro atoms. The Morgan fingerprint density at radius 1 is 1.50 bits per heavy atom. The number of hydrogen-bond donors (Lipinski definition) is 2. The van der Waals surface area contributed by atoms with Gasteiger partial charge in [-0.15, -0.1) is 0 Å². The second kappa shape index (κ2) is 5.67. The summed E-state index contributed by atoms with van der Waals surface area (Å²) in [6.45, 7) is 3.14. The molecular formula is C14H18N2O2. The van der Waals surface area contributed by atoms with E-state index in [-0.39, 0.29) is 17.7 Å². The third kappa shape index (κ3) is 3.32. The highest BCUT2D eigenvalue weighted by Crippen LogP contribution is 2.09. The number of nitrogens with one attached hydrogen (secondary N) is 2. The maximum absolute atomic E-state index is 11.7. The first-order valence-corrected chi connectivity index (χ1v) is 6.25. The van der Waals surface area contributed by atoms with Gasteiger partial charge in [-0.3, -0.25) is 9.59 Å². The molecule has 4 heteroatoms. The summed E-state index contributed by atoms with van der Waals surface area (Å²) < 4.78 is 0. The minimum Gasteiger partial charge on any atom is -0.355 e. The molecule has 0 saturated carbocycles. The van der Waals surface area contributed by atoms with Gasteiger partial charge in [0, 0.05) is 19.5 Å². The molecule has 1 aromatic rings. The van der Waals surface area contributed by atoms with Crippen LogP contribution in [0.3, 0.4) is 0 Å². The van der Waals surface area contributed by atoms with Gasteiger partial charge in [-0.05, 0) is 18.9 Å². The molecule has 18 heavy (non-hydrogen) atoms. The van der Waals surface area contributed by atoms with Gasteiger partial charge in [-0.1, -0.05) is 29.8 Å². The Labute approximate surface area is 107 Å². The van der Waals surface area contributed by atoms with E-state index in [2.05, 4.69) is 35.8 Å². The van der Waals surface area contributed by atoms with Crippen molar-refractivity contribution in [2.24, 2.45) is 5.92 Å². The molecule has 1 aliphatic heterocycles. The lowest BCUT2D eigenvalue weighted by atomic mass is 10.1. The zero-order valence-electron chi connectivity index (χ0n) is 10.5. The molecule has 1 atom stereocenters. The molecule has 2 rings (SSSR count). The lowest BCUT2D eigenvalue weighted by Gasteiger charge is -2.09. The zero-order valence-corrected chi connectivity index (χ0v) is 10.5. The average Bonchev–Trinajstić information content (AvgIpc) is 2.76. The molecule has 1 saturated heterocycles. The number of rotatable bonds is 4. The molecule has 0 aliphatic carbocycles. The van der Waals surface area contributed by atoms with E-state index in [4.69, 9.17) is 0 Å². The van der Waals surface area contributed by atoms with Gasteiger partial charge in [0.2, 0.25) is 11.8 Å². The topological polar surface area (TPSA) is 58.2 Å². The van der Waals surface area contributed by atoms with Crippen molar-refractivity contribution in [3.8, 4) is 0 Å². The molecule has 2 amide bonds. The summed E-state index contributed by atoms with van der Waals surface area (Å²) in [7, 11) is 0. The van der Waals surface area contributed by atoms with Gasteiger partial charge in [-0.25, -0.2) is 0 Å². The fourth-order valence-electron chi connectivity index (χ4n) is 2.13. The second-order valence-corrected chi connectivity index (χ2v) is 4.74. The van der Waals surface area contributed by atoms with Gasteiger partial charge in [0.15, 0.2) is 0 Å². The van der Waals surface area contributed by atoms with Crippen LogP contribution in [0.25, 0.3) is 0 Å². The lowest BCUT2D eigenvalue weighted by Crippen LogP contribution is -2.33. The van der Waals surface area contributed by atoms with Crippen LogP contribution in [0, 0.1) is 12.8 Å². The van der Waals surface area contributed by atoms with Gasteiger partial charge in [0.05, 0.1) is 5.92 Å². The predicted molar refractivity (Wildman–Crippen MR) is 69.0 cm³/mol. The van der Waals surface area contributed by atoms with E-state index in [1.54, 1.807) is 0 Å². The standard InChI is InChI=1S/C14H18N2O2/c1-10-3-2-4-11(7-10)5-6-15-14(18)12-8-13(17)16-9-12/h2-4,7,12H,5-6,8-9H2,1H3,(H,15,18)(H,16,17). The van der Waals surface area contributed by atoms with Crippen molar-refractivity contribution >= 4 is 11.8 Å². The van der Waals surface area contributed by atoms with Crippen molar-refractivity contribution in [2.75, 3.05) is 13.1 Å². The van der Waals surface area contributed by atoms with Crippen molar-refractivity contribution in [1.29, 1.82) is 0 Å². The van der Waals surface area contributed by atoms with E-state index in [0.717, 1.165) is 6.42 Å². The smallest absolute Gasteiger partial charge is 0.225 e. The van der Waals surface area contributed by atoms with Crippen LogP contribution in [0.1, 0.15) is 17.5 Å². The van der Waals surface area contributed by atoms with E-state index in [1.807, 2.05) is 6.07 Å². The number of amides is 2. The van der Waals surface area contributed by atoms with Crippen LogP contribution >= 0.6 is 0 Å². The van der Waals surface area contributed by atoms with Crippen molar-refractivity contribution in [1.82, 2.24) is 10.6 Å². The lowest BCUT2D eigenvalue weighted by molar-refractivity contribution is -0.126. The fraction of sp³-hybridized carbons (Fsp3) is 0.429.